The zero-order valence-corrected chi connectivity index (χ0v) is 27.0. The van der Waals surface area contributed by atoms with Crippen LogP contribution in [0.25, 0.3) is 0 Å². The fraction of sp³-hybridized carbons (Fsp3) is 0.457. The van der Waals surface area contributed by atoms with Crippen molar-refractivity contribution in [3.8, 4) is 0 Å². The van der Waals surface area contributed by atoms with Gasteiger partial charge in [0.1, 0.15) is 17.2 Å². The quantitative estimate of drug-likeness (QED) is 0.246. The number of carbonyl (C=O) groups is 2. The Balaban J connectivity index is 1.18. The van der Waals surface area contributed by atoms with E-state index in [0.717, 1.165) is 56.7 Å². The van der Waals surface area contributed by atoms with Crippen LogP contribution in [0.4, 0.5) is 10.2 Å². The van der Waals surface area contributed by atoms with Gasteiger partial charge < -0.3 is 14.9 Å². The number of benzene rings is 2. The van der Waals surface area contributed by atoms with Crippen LogP contribution >= 0.6 is 11.6 Å². The molecule has 0 spiro atoms. The summed E-state index contributed by atoms with van der Waals surface area (Å²) in [6.07, 6.45) is 4.08. The van der Waals surface area contributed by atoms with Crippen LogP contribution < -0.4 is 4.90 Å². The molecule has 45 heavy (non-hydrogen) atoms. The second-order valence-corrected chi connectivity index (χ2v) is 12.8. The number of piperazine rings is 1. The average Bonchev–Trinajstić information content (AvgIpc) is 3.44. The monoisotopic (exact) mass is 635 g/mol. The van der Waals surface area contributed by atoms with Gasteiger partial charge in [0.2, 0.25) is 5.91 Å². The molecular weight excluding hydrogens is 593 g/mol. The number of likely N-dealkylation sites (tertiary alicyclic amines) is 1. The Morgan fingerprint density at radius 3 is 2.40 bits per heavy atom. The van der Waals surface area contributed by atoms with Gasteiger partial charge in [0.25, 0.3) is 0 Å². The SMILES string of the molecule is CC(C)c1ccnc(N2CCN(Cc3ccc(CN(CCCN4CCCC4=O)Cc4c(F)cccc4Cl)cc3)CC2)c1C(=O)O. The Hall–Kier alpha value is -3.53. The van der Waals surface area contributed by atoms with Crippen LogP contribution in [-0.4, -0.2) is 82.5 Å². The van der Waals surface area contributed by atoms with Crippen molar-refractivity contribution in [1.82, 2.24) is 19.7 Å². The van der Waals surface area contributed by atoms with E-state index in [1.165, 1.54) is 11.6 Å². The van der Waals surface area contributed by atoms with Crippen LogP contribution in [-0.2, 0) is 24.4 Å². The van der Waals surface area contributed by atoms with Crippen LogP contribution in [0.2, 0.25) is 5.02 Å². The topological polar surface area (TPSA) is 80.2 Å². The zero-order chi connectivity index (χ0) is 31.9. The molecule has 0 radical (unpaired) electrons. The predicted octanol–water partition coefficient (Wildman–Crippen LogP) is 6.03. The van der Waals surface area contributed by atoms with Crippen molar-refractivity contribution in [2.75, 3.05) is 50.7 Å². The highest BCUT2D eigenvalue weighted by Gasteiger charge is 2.26. The van der Waals surface area contributed by atoms with E-state index in [2.05, 4.69) is 43.9 Å². The fourth-order valence-corrected chi connectivity index (χ4v) is 6.56. The minimum absolute atomic E-state index is 0.104. The van der Waals surface area contributed by atoms with Gasteiger partial charge in [0, 0.05) is 88.7 Å². The molecule has 1 amide bonds. The number of halogens is 2. The average molecular weight is 636 g/mol. The summed E-state index contributed by atoms with van der Waals surface area (Å²) in [5.41, 5.74) is 3.95. The standard InChI is InChI=1S/C35H43ClFN5O3/c1-25(2)28-13-14-38-34(33(28)35(44)45)42-20-18-39(19-21-42)22-26-9-11-27(12-10-26)23-40(15-5-17-41-16-4-8-32(41)43)24-29-30(36)6-3-7-31(29)37/h3,6-7,9-14,25H,4-5,8,15-24H2,1-2H3,(H,44,45). The van der Waals surface area contributed by atoms with Gasteiger partial charge >= 0.3 is 5.97 Å². The number of rotatable bonds is 13. The molecular formula is C35H43ClFN5O3. The van der Waals surface area contributed by atoms with Crippen molar-refractivity contribution >= 4 is 29.3 Å². The Kier molecular flexibility index (Phi) is 11.1. The van der Waals surface area contributed by atoms with Crippen LogP contribution in [0.5, 0.6) is 0 Å². The highest BCUT2D eigenvalue weighted by molar-refractivity contribution is 6.31. The molecule has 2 fully saturated rings. The van der Waals surface area contributed by atoms with Crippen molar-refractivity contribution < 1.29 is 19.1 Å². The van der Waals surface area contributed by atoms with Gasteiger partial charge in [-0.25, -0.2) is 14.2 Å². The number of carboxylic acid groups (broad SMARTS) is 1. The first-order valence-corrected chi connectivity index (χ1v) is 16.3. The molecule has 2 saturated heterocycles. The fourth-order valence-electron chi connectivity index (χ4n) is 6.34. The maximum atomic E-state index is 14.7. The van der Waals surface area contributed by atoms with E-state index in [1.807, 2.05) is 24.8 Å². The van der Waals surface area contributed by atoms with Crippen LogP contribution in [0, 0.1) is 5.82 Å². The minimum atomic E-state index is -0.929. The molecule has 1 N–H and O–H groups in total. The number of aromatic carboxylic acids is 1. The third kappa shape index (κ3) is 8.39. The first kappa shape index (κ1) is 32.9. The zero-order valence-electron chi connectivity index (χ0n) is 26.2. The summed E-state index contributed by atoms with van der Waals surface area (Å²) in [7, 11) is 0. The van der Waals surface area contributed by atoms with Gasteiger partial charge in [-0.05, 0) is 53.6 Å². The lowest BCUT2D eigenvalue weighted by atomic mass is 9.98. The first-order chi connectivity index (χ1) is 21.7. The predicted molar refractivity (Wildman–Crippen MR) is 175 cm³/mol. The van der Waals surface area contributed by atoms with Gasteiger partial charge in [-0.2, -0.15) is 0 Å². The van der Waals surface area contributed by atoms with Crippen molar-refractivity contribution in [2.24, 2.45) is 0 Å². The third-order valence-corrected chi connectivity index (χ3v) is 9.18. The summed E-state index contributed by atoms with van der Waals surface area (Å²) in [6.45, 7) is 11.1. The first-order valence-electron chi connectivity index (χ1n) is 15.9. The summed E-state index contributed by atoms with van der Waals surface area (Å²) in [5, 5.41) is 10.4. The molecule has 0 bridgehead atoms. The molecule has 240 valence electrons. The van der Waals surface area contributed by atoms with Gasteiger partial charge in [0.05, 0.1) is 0 Å². The summed E-state index contributed by atoms with van der Waals surface area (Å²) in [4.78, 5) is 37.2. The molecule has 2 aliphatic heterocycles. The van der Waals surface area contributed by atoms with Crippen molar-refractivity contribution in [1.29, 1.82) is 0 Å². The summed E-state index contributed by atoms with van der Waals surface area (Å²) < 4.78 is 14.7. The Morgan fingerprint density at radius 2 is 1.76 bits per heavy atom. The van der Waals surface area contributed by atoms with E-state index in [0.29, 0.717) is 61.1 Å². The molecule has 0 unspecified atom stereocenters. The van der Waals surface area contributed by atoms with Gasteiger partial charge in [-0.1, -0.05) is 55.8 Å². The number of carboxylic acids is 1. The maximum absolute atomic E-state index is 14.7. The Morgan fingerprint density at radius 1 is 1.02 bits per heavy atom. The highest BCUT2D eigenvalue weighted by Crippen LogP contribution is 2.28. The van der Waals surface area contributed by atoms with Gasteiger partial charge in [0.15, 0.2) is 0 Å². The van der Waals surface area contributed by atoms with Crippen molar-refractivity contribution in [3.05, 3.63) is 93.4 Å². The summed E-state index contributed by atoms with van der Waals surface area (Å²) in [6, 6.07) is 15.2. The van der Waals surface area contributed by atoms with E-state index in [1.54, 1.807) is 18.3 Å². The maximum Gasteiger partial charge on any atom is 0.339 e. The van der Waals surface area contributed by atoms with Gasteiger partial charge in [-0.15, -0.1) is 0 Å². The Bertz CT molecular complexity index is 1460. The largest absolute Gasteiger partial charge is 0.478 e. The van der Waals surface area contributed by atoms with Crippen molar-refractivity contribution in [2.45, 2.75) is 58.7 Å². The number of anilines is 1. The molecule has 8 nitrogen and oxygen atoms in total. The van der Waals surface area contributed by atoms with E-state index >= 15 is 0 Å². The minimum Gasteiger partial charge on any atom is -0.478 e. The number of carbonyl (C=O) groups excluding carboxylic acids is 1. The molecule has 5 rings (SSSR count). The second-order valence-electron chi connectivity index (χ2n) is 12.4. The molecule has 3 aromatic rings. The number of nitrogens with zero attached hydrogens (tertiary/aromatic N) is 5. The van der Waals surface area contributed by atoms with E-state index < -0.39 is 5.97 Å². The number of aromatic nitrogens is 1. The third-order valence-electron chi connectivity index (χ3n) is 8.82. The van der Waals surface area contributed by atoms with E-state index in [9.17, 15) is 19.1 Å². The number of amides is 1. The number of hydrogen-bond donors (Lipinski definition) is 1. The molecule has 2 aromatic carbocycles. The summed E-state index contributed by atoms with van der Waals surface area (Å²) >= 11 is 6.37. The van der Waals surface area contributed by atoms with Crippen molar-refractivity contribution in [3.63, 3.8) is 0 Å². The van der Waals surface area contributed by atoms with Crippen LogP contribution in [0.3, 0.4) is 0 Å². The normalized spacial score (nSPS) is 15.9. The number of pyridine rings is 1. The van der Waals surface area contributed by atoms with E-state index in [4.69, 9.17) is 11.6 Å². The van der Waals surface area contributed by atoms with Gasteiger partial charge in [-0.3, -0.25) is 14.6 Å². The molecule has 0 aliphatic carbocycles. The molecule has 3 heterocycles. The molecule has 0 atom stereocenters. The second kappa shape index (κ2) is 15.2. The smallest absolute Gasteiger partial charge is 0.339 e. The highest BCUT2D eigenvalue weighted by atomic mass is 35.5. The van der Waals surface area contributed by atoms with Crippen LogP contribution in [0.1, 0.15) is 71.6 Å². The van der Waals surface area contributed by atoms with Crippen LogP contribution in [0.15, 0.2) is 54.7 Å². The lowest BCUT2D eigenvalue weighted by molar-refractivity contribution is -0.127. The molecule has 10 heteroatoms. The molecule has 0 saturated carbocycles. The lowest BCUT2D eigenvalue weighted by Gasteiger charge is -2.36. The lowest BCUT2D eigenvalue weighted by Crippen LogP contribution is -2.46. The molecule has 2 aliphatic rings. The molecule has 1 aromatic heterocycles. The number of hydrogen-bond acceptors (Lipinski definition) is 6. The van der Waals surface area contributed by atoms with E-state index in [-0.39, 0.29) is 17.6 Å². The summed E-state index contributed by atoms with van der Waals surface area (Å²) in [5.74, 6) is -0.349. The Labute approximate surface area is 270 Å².